The van der Waals surface area contributed by atoms with Crippen LogP contribution in [-0.2, 0) is 4.79 Å². The van der Waals surface area contributed by atoms with Gasteiger partial charge in [0.15, 0.2) is 10.1 Å². The Balaban J connectivity index is 1.53. The monoisotopic (exact) mass is 437 g/mol. The number of carbonyl (C=O) groups excluding carboxylic acids is 1. The summed E-state index contributed by atoms with van der Waals surface area (Å²) in [7, 11) is 0. The second-order valence-electron chi connectivity index (χ2n) is 5.56. The van der Waals surface area contributed by atoms with Crippen LogP contribution in [0.2, 0.25) is 5.15 Å². The average molecular weight is 439 g/mol. The number of aromatic nitrogens is 2. The first-order valence-corrected chi connectivity index (χ1v) is 9.69. The molecule has 0 aliphatic carbocycles. The number of nitrogens with one attached hydrogen (secondary N) is 1. The van der Waals surface area contributed by atoms with E-state index in [1.54, 1.807) is 6.08 Å². The van der Waals surface area contributed by atoms with E-state index >= 15 is 0 Å². The molecular weight excluding hydrogens is 426 g/mol. The average Bonchev–Trinajstić information content (AvgIpc) is 3.14. The molecule has 128 valence electrons. The minimum atomic E-state index is -0.181. The molecule has 0 spiro atoms. The lowest BCUT2D eigenvalue weighted by Crippen LogP contribution is -2.31. The van der Waals surface area contributed by atoms with Gasteiger partial charge >= 0.3 is 0 Å². The molecule has 1 aliphatic rings. The molecule has 1 amide bonds. The van der Waals surface area contributed by atoms with Crippen LogP contribution in [0.3, 0.4) is 0 Å². The summed E-state index contributed by atoms with van der Waals surface area (Å²) >= 11 is 11.1. The number of imidazole rings is 1. The number of rotatable bonds is 3. The number of thiazole rings is 1. The normalized spacial score (nSPS) is 16.8. The third-order valence-corrected chi connectivity index (χ3v) is 5.50. The summed E-state index contributed by atoms with van der Waals surface area (Å²) in [4.78, 5) is 17.4. The quantitative estimate of drug-likeness (QED) is 0.614. The lowest BCUT2D eigenvalue weighted by Gasteiger charge is -2.26. The maximum atomic E-state index is 12.4. The van der Waals surface area contributed by atoms with Crippen molar-refractivity contribution in [2.24, 2.45) is 0 Å². The van der Waals surface area contributed by atoms with Gasteiger partial charge in [-0.3, -0.25) is 9.20 Å². The van der Waals surface area contributed by atoms with Crippen molar-refractivity contribution >= 4 is 55.8 Å². The smallest absolute Gasteiger partial charge is 0.244 e. The molecule has 3 aromatic rings. The topological polar surface area (TPSA) is 55.6 Å². The third kappa shape index (κ3) is 3.31. The molecule has 5 nitrogen and oxygen atoms in total. The second kappa shape index (κ2) is 6.82. The van der Waals surface area contributed by atoms with Crippen molar-refractivity contribution in [2.45, 2.75) is 12.5 Å². The Labute approximate surface area is 161 Å². The van der Waals surface area contributed by atoms with Gasteiger partial charge in [-0.05, 0) is 24.3 Å². The van der Waals surface area contributed by atoms with Gasteiger partial charge in [-0.1, -0.05) is 27.5 Å². The van der Waals surface area contributed by atoms with Crippen LogP contribution in [0, 0.1) is 0 Å². The van der Waals surface area contributed by atoms with Crippen LogP contribution >= 0.6 is 38.9 Å². The number of nitrogens with zero attached hydrogens (tertiary/aromatic N) is 2. The number of ether oxygens (including phenoxy) is 1. The highest BCUT2D eigenvalue weighted by Crippen LogP contribution is 2.34. The van der Waals surface area contributed by atoms with E-state index in [1.165, 1.54) is 17.4 Å². The van der Waals surface area contributed by atoms with Gasteiger partial charge in [0.05, 0.1) is 18.3 Å². The number of halogens is 2. The van der Waals surface area contributed by atoms with Crippen LogP contribution in [0.4, 0.5) is 0 Å². The molecule has 1 unspecified atom stereocenters. The summed E-state index contributed by atoms with van der Waals surface area (Å²) in [5.74, 6) is 0.626. The van der Waals surface area contributed by atoms with E-state index in [-0.39, 0.29) is 11.9 Å². The molecule has 1 N–H and O–H groups in total. The number of fused-ring (bicyclic) bond motifs is 2. The summed E-state index contributed by atoms with van der Waals surface area (Å²) in [6.07, 6.45) is 5.78. The Kier molecular flexibility index (Phi) is 4.54. The van der Waals surface area contributed by atoms with E-state index in [9.17, 15) is 4.79 Å². The molecule has 0 fully saturated rings. The molecule has 1 aromatic carbocycles. The minimum absolute atomic E-state index is 0.0829. The predicted octanol–water partition coefficient (Wildman–Crippen LogP) is 4.46. The van der Waals surface area contributed by atoms with E-state index < -0.39 is 0 Å². The largest absolute Gasteiger partial charge is 0.493 e. The van der Waals surface area contributed by atoms with Crippen LogP contribution < -0.4 is 10.1 Å². The Bertz CT molecular complexity index is 982. The number of hydrogen-bond acceptors (Lipinski definition) is 4. The predicted molar refractivity (Wildman–Crippen MR) is 102 cm³/mol. The number of carbonyl (C=O) groups is 1. The highest BCUT2D eigenvalue weighted by molar-refractivity contribution is 9.10. The van der Waals surface area contributed by atoms with Crippen LogP contribution in [0.25, 0.3) is 11.0 Å². The van der Waals surface area contributed by atoms with E-state index in [0.717, 1.165) is 27.2 Å². The van der Waals surface area contributed by atoms with Crippen molar-refractivity contribution in [1.29, 1.82) is 0 Å². The molecule has 0 bridgehead atoms. The van der Waals surface area contributed by atoms with Crippen molar-refractivity contribution in [3.63, 3.8) is 0 Å². The van der Waals surface area contributed by atoms with Crippen LogP contribution in [0.15, 0.2) is 40.3 Å². The van der Waals surface area contributed by atoms with Crippen LogP contribution in [0.5, 0.6) is 5.75 Å². The molecule has 4 rings (SSSR count). The zero-order chi connectivity index (χ0) is 17.4. The maximum Gasteiger partial charge on any atom is 0.244 e. The molecule has 0 radical (unpaired) electrons. The van der Waals surface area contributed by atoms with Crippen molar-refractivity contribution in [3.05, 3.63) is 56.7 Å². The number of benzene rings is 1. The van der Waals surface area contributed by atoms with Crippen LogP contribution in [-0.4, -0.2) is 21.9 Å². The molecular formula is C17H13BrClN3O2S. The summed E-state index contributed by atoms with van der Waals surface area (Å²) < 4.78 is 8.46. The fourth-order valence-electron chi connectivity index (χ4n) is 2.82. The van der Waals surface area contributed by atoms with E-state index in [1.807, 2.05) is 34.2 Å². The summed E-state index contributed by atoms with van der Waals surface area (Å²) in [5, 5.41) is 5.34. The maximum absolute atomic E-state index is 12.4. The van der Waals surface area contributed by atoms with Gasteiger partial charge in [0.2, 0.25) is 5.91 Å². The first-order chi connectivity index (χ1) is 12.1. The molecule has 0 saturated carbocycles. The van der Waals surface area contributed by atoms with E-state index in [0.29, 0.717) is 17.5 Å². The van der Waals surface area contributed by atoms with Crippen LogP contribution in [0.1, 0.15) is 23.7 Å². The first-order valence-electron chi connectivity index (χ1n) is 7.63. The molecule has 0 saturated heterocycles. The second-order valence-corrected chi connectivity index (χ2v) is 7.70. The van der Waals surface area contributed by atoms with E-state index in [4.69, 9.17) is 16.3 Å². The lowest BCUT2D eigenvalue weighted by molar-refractivity contribution is -0.117. The molecule has 8 heteroatoms. The van der Waals surface area contributed by atoms with Crippen molar-refractivity contribution in [1.82, 2.24) is 14.7 Å². The Morgan fingerprint density at radius 3 is 3.28 bits per heavy atom. The Morgan fingerprint density at radius 2 is 2.40 bits per heavy atom. The lowest BCUT2D eigenvalue weighted by atomic mass is 10.0. The first kappa shape index (κ1) is 16.6. The highest BCUT2D eigenvalue weighted by Gasteiger charge is 2.22. The Hall–Kier alpha value is -1.83. The van der Waals surface area contributed by atoms with Crippen molar-refractivity contribution in [3.8, 4) is 5.75 Å². The number of hydrogen-bond donors (Lipinski definition) is 1. The molecule has 1 atom stereocenters. The summed E-state index contributed by atoms with van der Waals surface area (Å²) in [6, 6.07) is 5.73. The SMILES string of the molecule is O=C(/C=C/c1c(Cl)nc2sccn12)NC1CCOc2ccc(Br)cc21. The van der Waals surface area contributed by atoms with Gasteiger partial charge in [0.25, 0.3) is 0 Å². The zero-order valence-electron chi connectivity index (χ0n) is 12.9. The molecule has 2 aromatic heterocycles. The van der Waals surface area contributed by atoms with Gasteiger partial charge in [0, 0.05) is 34.1 Å². The fraction of sp³-hybridized carbons (Fsp3) is 0.176. The standard InChI is InChI=1S/C17H13BrClN3O2S/c18-10-1-3-14-11(9-10)12(5-7-24-14)20-15(23)4-2-13-16(19)21-17-22(13)6-8-25-17/h1-4,6,8-9,12H,5,7H2,(H,20,23)/b4-2+. The van der Waals surface area contributed by atoms with Gasteiger partial charge in [-0.2, -0.15) is 0 Å². The fourth-order valence-corrected chi connectivity index (χ4v) is 4.20. The molecule has 3 heterocycles. The van der Waals surface area contributed by atoms with E-state index in [2.05, 4.69) is 26.2 Å². The summed E-state index contributed by atoms with van der Waals surface area (Å²) in [5.41, 5.74) is 1.67. The van der Waals surface area contributed by atoms with Crippen molar-refractivity contribution < 1.29 is 9.53 Å². The zero-order valence-corrected chi connectivity index (χ0v) is 16.1. The molecule has 1 aliphatic heterocycles. The third-order valence-electron chi connectivity index (χ3n) is 3.97. The number of amides is 1. The van der Waals surface area contributed by atoms with Gasteiger partial charge in [-0.15, -0.1) is 11.3 Å². The van der Waals surface area contributed by atoms with Gasteiger partial charge in [-0.25, -0.2) is 4.98 Å². The molecule has 25 heavy (non-hydrogen) atoms. The van der Waals surface area contributed by atoms with Gasteiger partial charge < -0.3 is 10.1 Å². The minimum Gasteiger partial charge on any atom is -0.493 e. The summed E-state index contributed by atoms with van der Waals surface area (Å²) in [6.45, 7) is 0.577. The van der Waals surface area contributed by atoms with Crippen molar-refractivity contribution in [2.75, 3.05) is 6.61 Å². The van der Waals surface area contributed by atoms with Gasteiger partial charge in [0.1, 0.15) is 5.75 Å². The highest BCUT2D eigenvalue weighted by atomic mass is 79.9. The Morgan fingerprint density at radius 1 is 1.52 bits per heavy atom.